The minimum absolute atomic E-state index is 0.0557. The molecule has 2 amide bonds. The van der Waals surface area contributed by atoms with Gasteiger partial charge in [-0.25, -0.2) is 0 Å². The van der Waals surface area contributed by atoms with Gasteiger partial charge in [0.25, 0.3) is 11.6 Å². The first-order valence-corrected chi connectivity index (χ1v) is 8.45. The molecule has 26 heavy (non-hydrogen) atoms. The number of rotatable bonds is 5. The molecule has 7 nitrogen and oxygen atoms in total. The summed E-state index contributed by atoms with van der Waals surface area (Å²) in [4.78, 5) is 36.0. The van der Waals surface area contributed by atoms with Crippen molar-refractivity contribution in [1.29, 1.82) is 0 Å². The summed E-state index contributed by atoms with van der Waals surface area (Å²) >= 11 is 5.96. The number of hydrogen-bond donors (Lipinski definition) is 1. The predicted molar refractivity (Wildman–Crippen MR) is 97.3 cm³/mol. The number of nitrogens with zero attached hydrogens (tertiary/aromatic N) is 2. The van der Waals surface area contributed by atoms with Crippen LogP contribution in [0.15, 0.2) is 42.5 Å². The molecule has 0 radical (unpaired) electrons. The zero-order valence-electron chi connectivity index (χ0n) is 13.8. The Bertz CT molecular complexity index is 867. The summed E-state index contributed by atoms with van der Waals surface area (Å²) in [7, 11) is 0. The van der Waals surface area contributed by atoms with Crippen LogP contribution in [0, 0.1) is 10.1 Å². The minimum atomic E-state index is -0.578. The normalized spacial score (nSPS) is 13.7. The predicted octanol–water partition coefficient (Wildman–Crippen LogP) is 3.31. The Labute approximate surface area is 154 Å². The number of nitro groups is 1. The first kappa shape index (κ1) is 17.9. The number of carbonyl (C=O) groups excluding carboxylic acids is 2. The van der Waals surface area contributed by atoms with Crippen molar-refractivity contribution in [1.82, 2.24) is 5.32 Å². The lowest BCUT2D eigenvalue weighted by Gasteiger charge is -2.16. The van der Waals surface area contributed by atoms with E-state index in [1.165, 1.54) is 12.1 Å². The van der Waals surface area contributed by atoms with E-state index in [4.69, 9.17) is 11.6 Å². The molecule has 1 saturated heterocycles. The molecule has 1 aliphatic heterocycles. The molecule has 1 heterocycles. The van der Waals surface area contributed by atoms with Gasteiger partial charge >= 0.3 is 0 Å². The van der Waals surface area contributed by atoms with E-state index < -0.39 is 10.8 Å². The van der Waals surface area contributed by atoms with Gasteiger partial charge in [-0.3, -0.25) is 19.7 Å². The molecule has 0 unspecified atom stereocenters. The number of nitrogens with one attached hydrogen (secondary N) is 1. The quantitative estimate of drug-likeness (QED) is 0.642. The van der Waals surface area contributed by atoms with E-state index in [0.717, 1.165) is 30.3 Å². The molecule has 0 bridgehead atoms. The third-order valence-electron chi connectivity index (χ3n) is 4.18. The van der Waals surface area contributed by atoms with Crippen LogP contribution in [0.4, 0.5) is 11.4 Å². The van der Waals surface area contributed by atoms with Crippen molar-refractivity contribution in [2.45, 2.75) is 19.4 Å². The van der Waals surface area contributed by atoms with E-state index in [1.807, 2.05) is 24.3 Å². The molecule has 1 aliphatic rings. The van der Waals surface area contributed by atoms with Crippen molar-refractivity contribution in [2.75, 3.05) is 11.4 Å². The van der Waals surface area contributed by atoms with E-state index in [-0.39, 0.29) is 28.7 Å². The number of amides is 2. The Balaban J connectivity index is 1.65. The van der Waals surface area contributed by atoms with Crippen LogP contribution in [0.2, 0.25) is 5.02 Å². The van der Waals surface area contributed by atoms with Crippen molar-refractivity contribution in [3.63, 3.8) is 0 Å². The molecule has 8 heteroatoms. The zero-order chi connectivity index (χ0) is 18.7. The molecule has 0 saturated carbocycles. The number of nitro benzene ring substituents is 1. The second-order valence-electron chi connectivity index (χ2n) is 5.92. The van der Waals surface area contributed by atoms with Gasteiger partial charge < -0.3 is 10.2 Å². The molecule has 2 aromatic carbocycles. The summed E-state index contributed by atoms with van der Waals surface area (Å²) in [5.41, 5.74) is 1.54. The molecular formula is C18H16ClN3O4. The average Bonchev–Trinajstić information content (AvgIpc) is 3.06. The first-order valence-electron chi connectivity index (χ1n) is 8.07. The highest BCUT2D eigenvalue weighted by molar-refractivity contribution is 6.33. The Morgan fingerprint density at radius 1 is 1.23 bits per heavy atom. The molecule has 3 rings (SSSR count). The van der Waals surface area contributed by atoms with Gasteiger partial charge in [-0.2, -0.15) is 0 Å². The van der Waals surface area contributed by atoms with Crippen LogP contribution in [0.1, 0.15) is 28.8 Å². The van der Waals surface area contributed by atoms with Crippen molar-refractivity contribution in [2.24, 2.45) is 0 Å². The molecule has 134 valence electrons. The van der Waals surface area contributed by atoms with Crippen molar-refractivity contribution in [3.8, 4) is 0 Å². The smallest absolute Gasteiger partial charge is 0.270 e. The van der Waals surface area contributed by atoms with Crippen LogP contribution in [0.25, 0.3) is 0 Å². The van der Waals surface area contributed by atoms with E-state index in [0.29, 0.717) is 6.42 Å². The lowest BCUT2D eigenvalue weighted by atomic mass is 10.1. The van der Waals surface area contributed by atoms with E-state index in [9.17, 15) is 19.7 Å². The fraction of sp³-hybridized carbons (Fsp3) is 0.222. The van der Waals surface area contributed by atoms with Gasteiger partial charge in [-0.1, -0.05) is 23.7 Å². The van der Waals surface area contributed by atoms with Crippen LogP contribution in [0.3, 0.4) is 0 Å². The maximum atomic E-state index is 12.3. The van der Waals surface area contributed by atoms with E-state index in [2.05, 4.69) is 5.32 Å². The molecule has 1 fully saturated rings. The molecule has 0 atom stereocenters. The number of hydrogen-bond acceptors (Lipinski definition) is 4. The Morgan fingerprint density at radius 3 is 2.58 bits per heavy atom. The third-order valence-corrected chi connectivity index (χ3v) is 4.51. The Hall–Kier alpha value is -2.93. The summed E-state index contributed by atoms with van der Waals surface area (Å²) in [6, 6.07) is 11.1. The van der Waals surface area contributed by atoms with Crippen molar-refractivity contribution < 1.29 is 14.5 Å². The number of halogens is 1. The molecule has 2 aromatic rings. The molecule has 0 aliphatic carbocycles. The number of benzene rings is 2. The van der Waals surface area contributed by atoms with Gasteiger partial charge in [0, 0.05) is 37.3 Å². The molecular weight excluding hydrogens is 358 g/mol. The maximum absolute atomic E-state index is 12.3. The van der Waals surface area contributed by atoms with Crippen LogP contribution in [0.5, 0.6) is 0 Å². The van der Waals surface area contributed by atoms with Gasteiger partial charge in [-0.05, 0) is 30.2 Å². The second kappa shape index (κ2) is 7.53. The average molecular weight is 374 g/mol. The highest BCUT2D eigenvalue weighted by Crippen LogP contribution is 2.23. The lowest BCUT2D eigenvalue weighted by molar-refractivity contribution is -0.384. The summed E-state index contributed by atoms with van der Waals surface area (Å²) in [6.45, 7) is 0.965. The largest absolute Gasteiger partial charge is 0.348 e. The summed E-state index contributed by atoms with van der Waals surface area (Å²) in [5, 5.41) is 13.7. The molecule has 1 N–H and O–H groups in total. The van der Waals surface area contributed by atoms with Crippen molar-refractivity contribution in [3.05, 3.63) is 68.7 Å². The van der Waals surface area contributed by atoms with Gasteiger partial charge in [-0.15, -0.1) is 0 Å². The van der Waals surface area contributed by atoms with Gasteiger partial charge in [0.2, 0.25) is 5.91 Å². The monoisotopic (exact) mass is 373 g/mol. The third kappa shape index (κ3) is 3.83. The van der Waals surface area contributed by atoms with Crippen molar-refractivity contribution >= 4 is 34.8 Å². The lowest BCUT2D eigenvalue weighted by Crippen LogP contribution is -2.24. The Morgan fingerprint density at radius 2 is 1.96 bits per heavy atom. The number of non-ortho nitro benzene ring substituents is 1. The number of anilines is 1. The maximum Gasteiger partial charge on any atom is 0.270 e. The summed E-state index contributed by atoms with van der Waals surface area (Å²) in [5.74, 6) is -0.371. The fourth-order valence-electron chi connectivity index (χ4n) is 2.79. The summed E-state index contributed by atoms with van der Waals surface area (Å²) < 4.78 is 0. The van der Waals surface area contributed by atoms with Crippen LogP contribution >= 0.6 is 11.6 Å². The Kier molecular flexibility index (Phi) is 5.18. The SMILES string of the molecule is O=C(NCc1ccc(N2CCCC2=O)cc1)c1cc([N+](=O)[O-])ccc1Cl. The zero-order valence-corrected chi connectivity index (χ0v) is 14.5. The van der Waals surface area contributed by atoms with Gasteiger partial charge in [0.05, 0.1) is 15.5 Å². The fourth-order valence-corrected chi connectivity index (χ4v) is 3.00. The van der Waals surface area contributed by atoms with Crippen LogP contribution in [-0.2, 0) is 11.3 Å². The highest BCUT2D eigenvalue weighted by atomic mass is 35.5. The summed E-state index contributed by atoms with van der Waals surface area (Å²) in [6.07, 6.45) is 1.43. The second-order valence-corrected chi connectivity index (χ2v) is 6.33. The number of carbonyl (C=O) groups is 2. The van der Waals surface area contributed by atoms with Crippen LogP contribution in [-0.4, -0.2) is 23.3 Å². The van der Waals surface area contributed by atoms with Gasteiger partial charge in [0.15, 0.2) is 0 Å². The topological polar surface area (TPSA) is 92.6 Å². The minimum Gasteiger partial charge on any atom is -0.348 e. The highest BCUT2D eigenvalue weighted by Gasteiger charge is 2.21. The standard InChI is InChI=1S/C18H16ClN3O4/c19-16-8-7-14(22(25)26)10-15(16)18(24)20-11-12-3-5-13(6-4-12)21-9-1-2-17(21)23/h3-8,10H,1-2,9,11H2,(H,20,24). The van der Waals surface area contributed by atoms with E-state index >= 15 is 0 Å². The molecule has 0 spiro atoms. The van der Waals surface area contributed by atoms with Gasteiger partial charge in [0.1, 0.15) is 0 Å². The van der Waals surface area contributed by atoms with Crippen LogP contribution < -0.4 is 10.2 Å². The first-order chi connectivity index (χ1) is 12.5. The van der Waals surface area contributed by atoms with E-state index in [1.54, 1.807) is 4.90 Å². The molecule has 0 aromatic heterocycles.